The molecule has 4 aromatic rings. The third-order valence-corrected chi connectivity index (χ3v) is 5.97. The Morgan fingerprint density at radius 3 is 2.53 bits per heavy atom. The van der Waals surface area contributed by atoms with Gasteiger partial charge in [-0.3, -0.25) is 4.98 Å². The van der Waals surface area contributed by atoms with Gasteiger partial charge in [-0.25, -0.2) is 22.5 Å². The summed E-state index contributed by atoms with van der Waals surface area (Å²) >= 11 is 0. The molecule has 4 rings (SSSR count). The molecule has 2 N–H and O–H groups in total. The minimum absolute atomic E-state index is 0.0418. The van der Waals surface area contributed by atoms with E-state index in [1.165, 1.54) is 43.6 Å². The molecule has 0 amide bonds. The Labute approximate surface area is 184 Å². The Hall–Kier alpha value is -3.76. The van der Waals surface area contributed by atoms with Crippen molar-refractivity contribution in [3.63, 3.8) is 0 Å². The van der Waals surface area contributed by atoms with Crippen molar-refractivity contribution in [2.45, 2.75) is 11.4 Å². The van der Waals surface area contributed by atoms with Crippen LogP contribution >= 0.6 is 0 Å². The van der Waals surface area contributed by atoms with Crippen molar-refractivity contribution >= 4 is 21.7 Å². The Bertz CT molecular complexity index is 1310. The highest BCUT2D eigenvalue weighted by molar-refractivity contribution is 7.89. The number of sulfonamides is 1. The van der Waals surface area contributed by atoms with E-state index in [1.54, 1.807) is 36.7 Å². The first-order valence-electron chi connectivity index (χ1n) is 9.50. The first-order valence-corrected chi connectivity index (χ1v) is 11.0. The third-order valence-electron chi connectivity index (χ3n) is 4.57. The maximum Gasteiger partial charge on any atom is 0.299 e. The second-order valence-corrected chi connectivity index (χ2v) is 8.47. The molecular formula is C22H19FN4O4S. The molecular weight excluding hydrogens is 435 g/mol. The molecule has 8 nitrogen and oxygen atoms in total. The van der Waals surface area contributed by atoms with Crippen LogP contribution in [0.2, 0.25) is 0 Å². The number of hydrogen-bond acceptors (Lipinski definition) is 7. The van der Waals surface area contributed by atoms with Crippen LogP contribution in [-0.4, -0.2) is 25.5 Å². The van der Waals surface area contributed by atoms with Crippen LogP contribution in [0.1, 0.15) is 5.56 Å². The first kappa shape index (κ1) is 21.5. The number of nitrogens with zero attached hydrogens (tertiary/aromatic N) is 2. The van der Waals surface area contributed by atoms with Gasteiger partial charge in [0.25, 0.3) is 6.01 Å². The molecule has 0 saturated carbocycles. The van der Waals surface area contributed by atoms with E-state index >= 15 is 0 Å². The Balaban J connectivity index is 1.55. The smallest absolute Gasteiger partial charge is 0.299 e. The number of benzene rings is 2. The number of oxazole rings is 1. The quantitative estimate of drug-likeness (QED) is 0.413. The van der Waals surface area contributed by atoms with Crippen molar-refractivity contribution in [1.29, 1.82) is 0 Å². The van der Waals surface area contributed by atoms with Gasteiger partial charge in [0.05, 0.1) is 23.9 Å². The Kier molecular flexibility index (Phi) is 6.15. The predicted molar refractivity (Wildman–Crippen MR) is 116 cm³/mol. The molecule has 0 radical (unpaired) electrons. The maximum absolute atomic E-state index is 13.1. The van der Waals surface area contributed by atoms with E-state index in [0.29, 0.717) is 22.8 Å². The lowest BCUT2D eigenvalue weighted by Gasteiger charge is -2.12. The van der Waals surface area contributed by atoms with Crippen LogP contribution < -0.4 is 14.8 Å². The van der Waals surface area contributed by atoms with Crippen molar-refractivity contribution in [2.24, 2.45) is 0 Å². The van der Waals surface area contributed by atoms with Crippen LogP contribution in [0.4, 0.5) is 16.1 Å². The molecule has 0 bridgehead atoms. The fourth-order valence-corrected chi connectivity index (χ4v) is 3.95. The van der Waals surface area contributed by atoms with Crippen LogP contribution in [0.25, 0.3) is 11.3 Å². The number of methoxy groups -OCH3 is 1. The number of hydrogen-bond donors (Lipinski definition) is 2. The molecule has 0 spiro atoms. The molecule has 0 aliphatic heterocycles. The molecule has 2 heterocycles. The Morgan fingerprint density at radius 2 is 1.81 bits per heavy atom. The highest BCUT2D eigenvalue weighted by Crippen LogP contribution is 2.31. The summed E-state index contributed by atoms with van der Waals surface area (Å²) in [6.45, 7) is 0.125. The molecule has 2 aromatic carbocycles. The molecule has 164 valence electrons. The molecule has 0 fully saturated rings. The van der Waals surface area contributed by atoms with Gasteiger partial charge in [0.1, 0.15) is 11.6 Å². The predicted octanol–water partition coefficient (Wildman–Crippen LogP) is 4.11. The Morgan fingerprint density at radius 1 is 1.06 bits per heavy atom. The first-order chi connectivity index (χ1) is 15.4. The van der Waals surface area contributed by atoms with Crippen molar-refractivity contribution in [2.75, 3.05) is 12.4 Å². The molecule has 0 saturated heterocycles. The molecule has 0 unspecified atom stereocenters. The van der Waals surface area contributed by atoms with Crippen LogP contribution in [0, 0.1) is 5.82 Å². The summed E-state index contributed by atoms with van der Waals surface area (Å²) < 4.78 is 52.2. The fourth-order valence-electron chi connectivity index (χ4n) is 2.91. The number of anilines is 2. The van der Waals surface area contributed by atoms with Crippen molar-refractivity contribution < 1.29 is 22.0 Å². The van der Waals surface area contributed by atoms with Gasteiger partial charge < -0.3 is 14.5 Å². The van der Waals surface area contributed by atoms with Crippen LogP contribution in [0.15, 0.2) is 82.5 Å². The SMILES string of the molecule is COc1ccc(S(=O)(=O)NCc2ccncc2)cc1Nc1ncc(-c2ccc(F)cc2)o1. The molecule has 0 atom stereocenters. The summed E-state index contributed by atoms with van der Waals surface area (Å²) in [5.74, 6) is 0.473. The van der Waals surface area contributed by atoms with E-state index in [1.807, 2.05) is 0 Å². The van der Waals surface area contributed by atoms with Gasteiger partial charge in [0.2, 0.25) is 10.0 Å². The lowest BCUT2D eigenvalue weighted by Crippen LogP contribution is -2.23. The highest BCUT2D eigenvalue weighted by Gasteiger charge is 2.18. The maximum atomic E-state index is 13.1. The van der Waals surface area contributed by atoms with E-state index in [2.05, 4.69) is 20.0 Å². The molecule has 32 heavy (non-hydrogen) atoms. The lowest BCUT2D eigenvalue weighted by molar-refractivity contribution is 0.416. The lowest BCUT2D eigenvalue weighted by atomic mass is 10.2. The second-order valence-electron chi connectivity index (χ2n) is 6.70. The van der Waals surface area contributed by atoms with Gasteiger partial charge in [-0.1, -0.05) is 0 Å². The van der Waals surface area contributed by atoms with Gasteiger partial charge in [0.15, 0.2) is 5.76 Å². The average Bonchev–Trinajstić information content (AvgIpc) is 3.27. The minimum Gasteiger partial charge on any atom is -0.495 e. The molecule has 10 heteroatoms. The summed E-state index contributed by atoms with van der Waals surface area (Å²) in [6.07, 6.45) is 4.67. The average molecular weight is 454 g/mol. The second kappa shape index (κ2) is 9.16. The summed E-state index contributed by atoms with van der Waals surface area (Å²) in [5.41, 5.74) is 1.78. The summed E-state index contributed by atoms with van der Waals surface area (Å²) in [5, 5.41) is 2.93. The zero-order chi connectivity index (χ0) is 22.6. The number of rotatable bonds is 8. The minimum atomic E-state index is -3.79. The van der Waals surface area contributed by atoms with Crippen LogP contribution in [0.3, 0.4) is 0 Å². The molecule has 0 aliphatic carbocycles. The van der Waals surface area contributed by atoms with Gasteiger partial charge in [-0.2, -0.15) is 0 Å². The number of aromatic nitrogens is 2. The van der Waals surface area contributed by atoms with Gasteiger partial charge in [-0.05, 0) is 60.2 Å². The number of ether oxygens (including phenoxy) is 1. The van der Waals surface area contributed by atoms with Gasteiger partial charge in [-0.15, -0.1) is 0 Å². The van der Waals surface area contributed by atoms with E-state index in [0.717, 1.165) is 5.56 Å². The summed E-state index contributed by atoms with van der Waals surface area (Å²) in [4.78, 5) is 8.11. The van der Waals surface area contributed by atoms with Crippen LogP contribution in [0.5, 0.6) is 5.75 Å². The van der Waals surface area contributed by atoms with Crippen molar-refractivity contribution in [3.8, 4) is 17.1 Å². The summed E-state index contributed by atoms with van der Waals surface area (Å²) in [7, 11) is -2.32. The van der Waals surface area contributed by atoms with Crippen molar-refractivity contribution in [3.05, 3.63) is 84.6 Å². The standard InChI is InChI=1S/C22H19FN4O4S/c1-30-20-7-6-18(32(28,29)26-13-15-8-10-24-11-9-15)12-19(20)27-22-25-14-21(31-22)16-2-4-17(23)5-3-16/h2-12,14,26H,13H2,1H3,(H,25,27). The van der Waals surface area contributed by atoms with Gasteiger partial charge >= 0.3 is 0 Å². The van der Waals surface area contributed by atoms with Gasteiger partial charge in [0, 0.05) is 24.5 Å². The number of nitrogens with one attached hydrogen (secondary N) is 2. The van der Waals surface area contributed by atoms with E-state index < -0.39 is 10.0 Å². The number of halogens is 1. The normalized spacial score (nSPS) is 11.3. The number of pyridine rings is 1. The fraction of sp³-hybridized carbons (Fsp3) is 0.0909. The molecule has 2 aromatic heterocycles. The van der Waals surface area contributed by atoms with Crippen LogP contribution in [-0.2, 0) is 16.6 Å². The van der Waals surface area contributed by atoms with E-state index in [-0.39, 0.29) is 23.3 Å². The zero-order valence-corrected chi connectivity index (χ0v) is 17.8. The zero-order valence-electron chi connectivity index (χ0n) is 16.9. The largest absolute Gasteiger partial charge is 0.495 e. The van der Waals surface area contributed by atoms with E-state index in [4.69, 9.17) is 9.15 Å². The summed E-state index contributed by atoms with van der Waals surface area (Å²) in [6, 6.07) is 13.8. The topological polar surface area (TPSA) is 106 Å². The van der Waals surface area contributed by atoms with E-state index in [9.17, 15) is 12.8 Å². The highest BCUT2D eigenvalue weighted by atomic mass is 32.2. The monoisotopic (exact) mass is 454 g/mol. The van der Waals surface area contributed by atoms with Crippen molar-refractivity contribution in [1.82, 2.24) is 14.7 Å². The molecule has 0 aliphatic rings. The third kappa shape index (κ3) is 4.93.